The topological polar surface area (TPSA) is 53.1 Å². The van der Waals surface area contributed by atoms with Crippen molar-refractivity contribution in [2.75, 3.05) is 6.61 Å². The number of halogens is 1. The molecule has 0 bridgehead atoms. The average molecular weight is 330 g/mol. The Balaban J connectivity index is 2.02. The molecule has 1 saturated heterocycles. The first-order valence-corrected chi connectivity index (χ1v) is 8.06. The lowest BCUT2D eigenvalue weighted by molar-refractivity contribution is 0.0981. The summed E-state index contributed by atoms with van der Waals surface area (Å²) < 4.78 is 8.87. The zero-order valence-corrected chi connectivity index (χ0v) is 13.4. The van der Waals surface area contributed by atoms with Gasteiger partial charge in [0.2, 0.25) is 0 Å². The van der Waals surface area contributed by atoms with E-state index < -0.39 is 0 Å². The first-order valence-electron chi connectivity index (χ1n) is 7.26. The van der Waals surface area contributed by atoms with Gasteiger partial charge in [-0.2, -0.15) is 5.10 Å². The number of aromatic nitrogens is 2. The quantitative estimate of drug-likeness (QED) is 0.872. The molecule has 4 nitrogen and oxygen atoms in total. The van der Waals surface area contributed by atoms with Crippen LogP contribution in [0.5, 0.6) is 0 Å². The predicted octanol–water partition coefficient (Wildman–Crippen LogP) is 2.67. The maximum absolute atomic E-state index is 6.29. The molecule has 108 valence electrons. The first-order chi connectivity index (χ1) is 9.15. The zero-order valence-electron chi connectivity index (χ0n) is 11.9. The van der Waals surface area contributed by atoms with E-state index in [0.29, 0.717) is 6.10 Å². The molecule has 1 fully saturated rings. The van der Waals surface area contributed by atoms with Crippen LogP contribution in [0.4, 0.5) is 0 Å². The molecule has 2 atom stereocenters. The van der Waals surface area contributed by atoms with Crippen LogP contribution in [0.15, 0.2) is 4.47 Å². The Labute approximate surface area is 123 Å². The molecule has 2 rings (SSSR count). The number of hydrogen-bond acceptors (Lipinski definition) is 3. The molecule has 1 aromatic heterocycles. The molecule has 2 heterocycles. The molecule has 2 N–H and O–H groups in total. The second kappa shape index (κ2) is 6.86. The van der Waals surface area contributed by atoms with Crippen LogP contribution in [0.3, 0.4) is 0 Å². The SMILES string of the molecule is CCc1nn(CC)c(CC(N)CC2CCCO2)c1Br. The Kier molecular flexibility index (Phi) is 5.42. The van der Waals surface area contributed by atoms with Crippen molar-refractivity contribution in [2.45, 2.75) is 64.6 Å². The van der Waals surface area contributed by atoms with Crippen molar-refractivity contribution < 1.29 is 4.74 Å². The molecule has 0 spiro atoms. The summed E-state index contributed by atoms with van der Waals surface area (Å²) in [4.78, 5) is 0. The van der Waals surface area contributed by atoms with Gasteiger partial charge in [-0.05, 0) is 48.5 Å². The summed E-state index contributed by atoms with van der Waals surface area (Å²) in [6.07, 6.45) is 5.44. The average Bonchev–Trinajstić information content (AvgIpc) is 2.99. The normalized spacial score (nSPS) is 20.9. The fraction of sp³-hybridized carbons (Fsp3) is 0.786. The third kappa shape index (κ3) is 3.58. The molecule has 0 aliphatic carbocycles. The Morgan fingerprint density at radius 1 is 1.53 bits per heavy atom. The summed E-state index contributed by atoms with van der Waals surface area (Å²) in [6.45, 7) is 6.03. The summed E-state index contributed by atoms with van der Waals surface area (Å²) in [7, 11) is 0. The molecule has 0 aromatic carbocycles. The first kappa shape index (κ1) is 15.0. The maximum Gasteiger partial charge on any atom is 0.0766 e. The van der Waals surface area contributed by atoms with Crippen LogP contribution in [-0.2, 0) is 24.1 Å². The zero-order chi connectivity index (χ0) is 13.8. The molecule has 0 amide bonds. The van der Waals surface area contributed by atoms with Crippen LogP contribution >= 0.6 is 15.9 Å². The van der Waals surface area contributed by atoms with Gasteiger partial charge in [0.05, 0.1) is 22.0 Å². The number of nitrogens with zero attached hydrogens (tertiary/aromatic N) is 2. The van der Waals surface area contributed by atoms with Crippen LogP contribution in [0.25, 0.3) is 0 Å². The lowest BCUT2D eigenvalue weighted by Gasteiger charge is -2.17. The van der Waals surface area contributed by atoms with Gasteiger partial charge in [-0.3, -0.25) is 4.68 Å². The standard InChI is InChI=1S/C14H24BrN3O/c1-3-12-14(15)13(18(4-2)17-12)9-10(16)8-11-6-5-7-19-11/h10-11H,3-9,16H2,1-2H3. The Bertz CT molecular complexity index is 413. The van der Waals surface area contributed by atoms with E-state index in [-0.39, 0.29) is 6.04 Å². The van der Waals surface area contributed by atoms with Gasteiger partial charge < -0.3 is 10.5 Å². The molecule has 1 aliphatic heterocycles. The summed E-state index contributed by atoms with van der Waals surface area (Å²) >= 11 is 3.67. The van der Waals surface area contributed by atoms with Gasteiger partial charge in [-0.25, -0.2) is 0 Å². The third-order valence-corrected chi connectivity index (χ3v) is 4.65. The number of rotatable bonds is 6. The van der Waals surface area contributed by atoms with E-state index in [1.807, 2.05) is 0 Å². The Morgan fingerprint density at radius 3 is 2.89 bits per heavy atom. The maximum atomic E-state index is 6.29. The van der Waals surface area contributed by atoms with Crippen LogP contribution in [-0.4, -0.2) is 28.5 Å². The highest BCUT2D eigenvalue weighted by atomic mass is 79.9. The van der Waals surface area contributed by atoms with Crippen LogP contribution in [0.2, 0.25) is 0 Å². The van der Waals surface area contributed by atoms with Gasteiger partial charge in [-0.15, -0.1) is 0 Å². The minimum atomic E-state index is 0.145. The molecule has 2 unspecified atom stereocenters. The van der Waals surface area contributed by atoms with E-state index in [0.717, 1.165) is 49.0 Å². The highest BCUT2D eigenvalue weighted by Crippen LogP contribution is 2.25. The third-order valence-electron chi connectivity index (χ3n) is 3.74. The number of aryl methyl sites for hydroxylation is 2. The predicted molar refractivity (Wildman–Crippen MR) is 80.2 cm³/mol. The number of ether oxygens (including phenoxy) is 1. The van der Waals surface area contributed by atoms with E-state index in [4.69, 9.17) is 10.5 Å². The van der Waals surface area contributed by atoms with E-state index in [9.17, 15) is 0 Å². The van der Waals surface area contributed by atoms with E-state index in [1.165, 1.54) is 12.1 Å². The smallest absolute Gasteiger partial charge is 0.0766 e. The highest BCUT2D eigenvalue weighted by Gasteiger charge is 2.21. The van der Waals surface area contributed by atoms with Crippen molar-refractivity contribution in [1.29, 1.82) is 0 Å². The fourth-order valence-electron chi connectivity index (χ4n) is 2.71. The summed E-state index contributed by atoms with van der Waals surface area (Å²) in [5.41, 5.74) is 8.64. The van der Waals surface area contributed by atoms with Gasteiger partial charge >= 0.3 is 0 Å². The molecule has 1 aliphatic rings. The molecule has 19 heavy (non-hydrogen) atoms. The van der Waals surface area contributed by atoms with Crippen molar-refractivity contribution in [2.24, 2.45) is 5.73 Å². The van der Waals surface area contributed by atoms with Crippen molar-refractivity contribution in [3.8, 4) is 0 Å². The van der Waals surface area contributed by atoms with Gasteiger partial charge in [0.1, 0.15) is 0 Å². The number of nitrogens with two attached hydrogens (primary N) is 1. The molecule has 5 heteroatoms. The highest BCUT2D eigenvalue weighted by molar-refractivity contribution is 9.10. The monoisotopic (exact) mass is 329 g/mol. The minimum absolute atomic E-state index is 0.145. The van der Waals surface area contributed by atoms with Crippen molar-refractivity contribution in [3.05, 3.63) is 15.9 Å². The molecular weight excluding hydrogens is 306 g/mol. The number of hydrogen-bond donors (Lipinski definition) is 1. The lowest BCUT2D eigenvalue weighted by atomic mass is 10.0. The molecular formula is C14H24BrN3O. The van der Waals surface area contributed by atoms with E-state index >= 15 is 0 Å². The lowest BCUT2D eigenvalue weighted by Crippen LogP contribution is -2.29. The van der Waals surface area contributed by atoms with Crippen molar-refractivity contribution >= 4 is 15.9 Å². The van der Waals surface area contributed by atoms with Gasteiger partial charge in [0.15, 0.2) is 0 Å². The van der Waals surface area contributed by atoms with Crippen molar-refractivity contribution in [1.82, 2.24) is 9.78 Å². The minimum Gasteiger partial charge on any atom is -0.378 e. The largest absolute Gasteiger partial charge is 0.378 e. The van der Waals surface area contributed by atoms with Gasteiger partial charge in [-0.1, -0.05) is 6.92 Å². The van der Waals surface area contributed by atoms with Crippen molar-refractivity contribution in [3.63, 3.8) is 0 Å². The van der Waals surface area contributed by atoms with Gasteiger partial charge in [0, 0.05) is 25.6 Å². The molecule has 0 saturated carbocycles. The molecule has 0 radical (unpaired) electrons. The van der Waals surface area contributed by atoms with Crippen LogP contribution in [0, 0.1) is 0 Å². The van der Waals surface area contributed by atoms with Crippen LogP contribution in [0.1, 0.15) is 44.5 Å². The van der Waals surface area contributed by atoms with E-state index in [2.05, 4.69) is 39.6 Å². The molecule has 1 aromatic rings. The summed E-state index contributed by atoms with van der Waals surface area (Å²) in [5.74, 6) is 0. The summed E-state index contributed by atoms with van der Waals surface area (Å²) in [5, 5.41) is 4.61. The Hall–Kier alpha value is -0.390. The Morgan fingerprint density at radius 2 is 2.32 bits per heavy atom. The van der Waals surface area contributed by atoms with E-state index in [1.54, 1.807) is 0 Å². The fourth-order valence-corrected chi connectivity index (χ4v) is 3.44. The second-order valence-electron chi connectivity index (χ2n) is 5.21. The second-order valence-corrected chi connectivity index (χ2v) is 6.00. The van der Waals surface area contributed by atoms with Crippen LogP contribution < -0.4 is 5.73 Å². The van der Waals surface area contributed by atoms with Gasteiger partial charge in [0.25, 0.3) is 0 Å². The summed E-state index contributed by atoms with van der Waals surface area (Å²) in [6, 6.07) is 0.145.